The number of aromatic hydroxyl groups is 2. The molecule has 2 aromatic carbocycles. The van der Waals surface area contributed by atoms with E-state index < -0.39 is 65.2 Å². The van der Waals surface area contributed by atoms with Gasteiger partial charge in [-0.15, -0.1) is 0 Å². The number of likely N-dealkylation sites (N-methyl/N-ethyl adjacent to an activating group) is 1. The second-order valence-corrected chi connectivity index (χ2v) is 11.1. The normalized spacial score (nSPS) is 31.5. The number of nitrogens with zero attached hydrogens (tertiary/aromatic N) is 1. The summed E-state index contributed by atoms with van der Waals surface area (Å²) >= 11 is 0. The molecule has 11 nitrogen and oxygen atoms in total. The van der Waals surface area contributed by atoms with E-state index >= 15 is 0 Å². The van der Waals surface area contributed by atoms with E-state index in [1.807, 2.05) is 4.90 Å². The van der Waals surface area contributed by atoms with Crippen molar-refractivity contribution in [2.45, 2.75) is 75.3 Å². The fourth-order valence-corrected chi connectivity index (χ4v) is 6.40. The van der Waals surface area contributed by atoms with Gasteiger partial charge in [-0.1, -0.05) is 19.1 Å². The van der Waals surface area contributed by atoms with Crippen molar-refractivity contribution in [1.29, 1.82) is 0 Å². The van der Waals surface area contributed by atoms with Gasteiger partial charge in [-0.05, 0) is 45.1 Å². The highest BCUT2D eigenvalue weighted by atomic mass is 16.7. The first-order valence-electron chi connectivity index (χ1n) is 13.2. The van der Waals surface area contributed by atoms with Gasteiger partial charge in [0.1, 0.15) is 17.4 Å². The third kappa shape index (κ3) is 4.20. The topological polar surface area (TPSA) is 174 Å². The zero-order valence-electron chi connectivity index (χ0n) is 22.6. The fraction of sp³-hybridized carbons (Fsp3) is 0.483. The number of fused-ring (bicyclic) bond motifs is 3. The molecule has 1 aliphatic heterocycles. The molecule has 2 aromatic rings. The number of phenols is 2. The van der Waals surface area contributed by atoms with E-state index in [-0.39, 0.29) is 58.7 Å². The number of aliphatic hydroxyl groups excluding tert-OH is 1. The van der Waals surface area contributed by atoms with Crippen molar-refractivity contribution in [2.24, 2.45) is 0 Å². The van der Waals surface area contributed by atoms with Crippen molar-refractivity contribution >= 4 is 17.5 Å². The summed E-state index contributed by atoms with van der Waals surface area (Å²) in [7, 11) is 3.61. The quantitative estimate of drug-likeness (QED) is 0.312. The summed E-state index contributed by atoms with van der Waals surface area (Å²) in [5.74, 6) is -5.41. The van der Waals surface area contributed by atoms with Gasteiger partial charge < -0.3 is 39.9 Å². The van der Waals surface area contributed by atoms with Crippen LogP contribution < -0.4 is 0 Å². The molecular weight excluding hydrogens is 522 g/mol. The van der Waals surface area contributed by atoms with Crippen LogP contribution in [0.1, 0.15) is 88.1 Å². The minimum absolute atomic E-state index is 0.0195. The fourth-order valence-electron chi connectivity index (χ4n) is 6.40. The largest absolute Gasteiger partial charge is 0.507 e. The number of phenolic OH excluding ortho intramolecular Hbond substituents is 2. The van der Waals surface area contributed by atoms with Crippen LogP contribution in [0.4, 0.5) is 0 Å². The Balaban J connectivity index is 1.68. The first-order valence-corrected chi connectivity index (χ1v) is 13.2. The Morgan fingerprint density at radius 3 is 2.48 bits per heavy atom. The Labute approximate surface area is 230 Å². The van der Waals surface area contributed by atoms with E-state index in [0.717, 1.165) is 0 Å². The molecule has 0 amide bonds. The lowest BCUT2D eigenvalue weighted by molar-refractivity contribution is -0.258. The number of aliphatic carboxylic acids is 1. The Kier molecular flexibility index (Phi) is 7.00. The van der Waals surface area contributed by atoms with Crippen LogP contribution in [0.5, 0.6) is 11.5 Å². The molecule has 5 rings (SSSR count). The van der Waals surface area contributed by atoms with Crippen molar-refractivity contribution in [3.05, 3.63) is 57.6 Å². The summed E-state index contributed by atoms with van der Waals surface area (Å²) in [6.07, 6.45) is -3.41. The highest BCUT2D eigenvalue weighted by molar-refractivity contribution is 6.30. The number of hydrogen-bond donors (Lipinski definition) is 5. The van der Waals surface area contributed by atoms with Gasteiger partial charge in [-0.3, -0.25) is 14.4 Å². The number of carbonyl (C=O) groups is 3. The highest BCUT2D eigenvalue weighted by Crippen LogP contribution is 2.53. The van der Waals surface area contributed by atoms with Gasteiger partial charge >= 0.3 is 5.97 Å². The molecule has 0 radical (unpaired) electrons. The molecule has 1 fully saturated rings. The molecule has 0 saturated carbocycles. The minimum atomic E-state index is -1.82. The van der Waals surface area contributed by atoms with E-state index in [4.69, 9.17) is 9.47 Å². The zero-order chi connectivity index (χ0) is 29.3. The Morgan fingerprint density at radius 1 is 1.15 bits per heavy atom. The summed E-state index contributed by atoms with van der Waals surface area (Å²) in [5, 5.41) is 54.3. The molecule has 3 aliphatic rings. The standard InChI is InChI=1S/C29H33NO10/c1-5-29(38)11-18(40-19-10-16(30(3)4)24(32)12(2)39-19)21-14(23(29)28(36)37)9-15-22(27(21)35)26(34)20-13(25(15)33)7-6-8-17(20)31/h6-9,12,16,18-19,23-24,31-32,35,38H,5,10-11H2,1-4H3,(H,36,37)/t12-,16-,18?,19-,23?,24+,29+/m0/s1. The molecule has 0 bridgehead atoms. The zero-order valence-corrected chi connectivity index (χ0v) is 22.6. The van der Waals surface area contributed by atoms with Crippen molar-refractivity contribution in [1.82, 2.24) is 4.90 Å². The number of carboxylic acid groups (broad SMARTS) is 1. The number of carbonyl (C=O) groups excluding carboxylic acids is 2. The summed E-state index contributed by atoms with van der Waals surface area (Å²) < 4.78 is 12.2. The van der Waals surface area contributed by atoms with Crippen molar-refractivity contribution in [3.8, 4) is 11.5 Å². The summed E-state index contributed by atoms with van der Waals surface area (Å²) in [6, 6.07) is 4.95. The van der Waals surface area contributed by atoms with E-state index in [2.05, 4.69) is 0 Å². The molecule has 5 N–H and O–H groups in total. The van der Waals surface area contributed by atoms with Crippen LogP contribution in [0, 0.1) is 0 Å². The predicted octanol–water partition coefficient (Wildman–Crippen LogP) is 2.07. The summed E-state index contributed by atoms with van der Waals surface area (Å²) in [6.45, 7) is 3.32. The molecule has 2 unspecified atom stereocenters. The van der Waals surface area contributed by atoms with Gasteiger partial charge in [0, 0.05) is 35.6 Å². The van der Waals surface area contributed by atoms with Gasteiger partial charge in [0.15, 0.2) is 12.1 Å². The van der Waals surface area contributed by atoms with Crippen LogP contribution in [0.3, 0.4) is 0 Å². The van der Waals surface area contributed by atoms with Gasteiger partial charge in [0.05, 0.1) is 35.0 Å². The molecule has 2 aliphatic carbocycles. The van der Waals surface area contributed by atoms with E-state index in [9.17, 15) is 39.9 Å². The highest BCUT2D eigenvalue weighted by Gasteiger charge is 2.52. The molecule has 40 heavy (non-hydrogen) atoms. The first-order chi connectivity index (χ1) is 18.8. The average molecular weight is 556 g/mol. The average Bonchev–Trinajstić information content (AvgIpc) is 2.88. The Bertz CT molecular complexity index is 1400. The number of benzene rings is 2. The molecule has 0 spiro atoms. The minimum Gasteiger partial charge on any atom is -0.507 e. The van der Waals surface area contributed by atoms with Crippen LogP contribution in [0.2, 0.25) is 0 Å². The molecular formula is C29H33NO10. The molecule has 11 heteroatoms. The summed E-state index contributed by atoms with van der Waals surface area (Å²) in [5.41, 5.74) is -2.80. The van der Waals surface area contributed by atoms with Crippen LogP contribution in [0.15, 0.2) is 24.3 Å². The second-order valence-electron chi connectivity index (χ2n) is 11.1. The van der Waals surface area contributed by atoms with Crippen molar-refractivity contribution in [2.75, 3.05) is 14.1 Å². The number of ketones is 2. The predicted molar refractivity (Wildman–Crippen MR) is 140 cm³/mol. The molecule has 214 valence electrons. The molecule has 1 saturated heterocycles. The smallest absolute Gasteiger partial charge is 0.313 e. The summed E-state index contributed by atoms with van der Waals surface area (Å²) in [4.78, 5) is 41.4. The van der Waals surface area contributed by atoms with Gasteiger partial charge in [-0.25, -0.2) is 0 Å². The van der Waals surface area contributed by atoms with Gasteiger partial charge in [-0.2, -0.15) is 0 Å². The number of aliphatic hydroxyl groups is 2. The monoisotopic (exact) mass is 555 g/mol. The lowest BCUT2D eigenvalue weighted by atomic mass is 9.67. The van der Waals surface area contributed by atoms with Crippen molar-refractivity contribution < 1.29 is 49.4 Å². The van der Waals surface area contributed by atoms with Crippen LogP contribution in [0.25, 0.3) is 0 Å². The number of hydrogen-bond acceptors (Lipinski definition) is 10. The van der Waals surface area contributed by atoms with Gasteiger partial charge in [0.25, 0.3) is 0 Å². The SMILES string of the molecule is CC[C@@]1(O)CC(O[C@H]2C[C@H](N(C)C)[C@H](O)[C@H](C)O2)c2c(cc3c(c2O)C(=O)c2c(O)cccc2C3=O)C1C(=O)O. The maximum Gasteiger partial charge on any atom is 0.313 e. The first kappa shape index (κ1) is 28.2. The number of rotatable bonds is 5. The molecule has 7 atom stereocenters. The van der Waals surface area contributed by atoms with E-state index in [1.54, 1.807) is 27.9 Å². The number of carboxylic acids is 1. The third-order valence-electron chi connectivity index (χ3n) is 8.58. The lowest BCUT2D eigenvalue weighted by Crippen LogP contribution is -2.54. The maximum atomic E-state index is 13.5. The molecule has 0 aromatic heterocycles. The maximum absolute atomic E-state index is 13.5. The van der Waals surface area contributed by atoms with Crippen LogP contribution >= 0.6 is 0 Å². The van der Waals surface area contributed by atoms with Gasteiger partial charge in [0.2, 0.25) is 5.78 Å². The Hall–Kier alpha value is -3.35. The van der Waals surface area contributed by atoms with Crippen LogP contribution in [-0.4, -0.2) is 92.2 Å². The van der Waals surface area contributed by atoms with E-state index in [0.29, 0.717) is 0 Å². The second kappa shape index (κ2) is 9.93. The number of ether oxygens (including phenoxy) is 2. The molecule has 1 heterocycles. The van der Waals surface area contributed by atoms with E-state index in [1.165, 1.54) is 24.3 Å². The Morgan fingerprint density at radius 2 is 1.85 bits per heavy atom. The third-order valence-corrected chi connectivity index (χ3v) is 8.58. The lowest BCUT2D eigenvalue weighted by Gasteiger charge is -2.46. The van der Waals surface area contributed by atoms with Crippen molar-refractivity contribution in [3.63, 3.8) is 0 Å². The van der Waals surface area contributed by atoms with Crippen LogP contribution in [-0.2, 0) is 14.3 Å².